The van der Waals surface area contributed by atoms with E-state index in [4.69, 9.17) is 4.74 Å². The third-order valence-corrected chi connectivity index (χ3v) is 3.08. The van der Waals surface area contributed by atoms with Gasteiger partial charge in [0.1, 0.15) is 11.6 Å². The van der Waals surface area contributed by atoms with Gasteiger partial charge in [0.2, 0.25) is 0 Å². The van der Waals surface area contributed by atoms with Gasteiger partial charge < -0.3 is 20.5 Å². The van der Waals surface area contributed by atoms with E-state index in [9.17, 15) is 14.3 Å². The number of hydrogen-bond acceptors (Lipinski definition) is 3. The molecule has 2 aromatic carbocycles. The van der Waals surface area contributed by atoms with Crippen molar-refractivity contribution in [1.29, 1.82) is 0 Å². The maximum absolute atomic E-state index is 13.5. The van der Waals surface area contributed by atoms with E-state index in [1.165, 1.54) is 25.3 Å². The molecule has 0 saturated heterocycles. The first-order valence-electron chi connectivity index (χ1n) is 6.72. The van der Waals surface area contributed by atoms with Crippen LogP contribution in [0.2, 0.25) is 0 Å². The Labute approximate surface area is 127 Å². The molecule has 22 heavy (non-hydrogen) atoms. The molecular weight excluding hydrogens is 287 g/mol. The second kappa shape index (κ2) is 7.42. The van der Waals surface area contributed by atoms with E-state index < -0.39 is 18.0 Å². The third kappa shape index (κ3) is 3.95. The van der Waals surface area contributed by atoms with Crippen LogP contribution < -0.4 is 15.4 Å². The molecule has 0 aliphatic rings. The van der Waals surface area contributed by atoms with Crippen molar-refractivity contribution in [3.63, 3.8) is 0 Å². The number of hydrogen-bond donors (Lipinski definition) is 3. The number of nitrogens with one attached hydrogen (secondary N) is 2. The zero-order valence-corrected chi connectivity index (χ0v) is 12.0. The molecule has 0 saturated carbocycles. The lowest BCUT2D eigenvalue weighted by Crippen LogP contribution is -2.32. The molecule has 5 nitrogen and oxygen atoms in total. The van der Waals surface area contributed by atoms with Gasteiger partial charge in [-0.2, -0.15) is 0 Å². The summed E-state index contributed by atoms with van der Waals surface area (Å²) in [6, 6.07) is 12.3. The summed E-state index contributed by atoms with van der Waals surface area (Å²) < 4.78 is 18.6. The molecule has 6 heteroatoms. The van der Waals surface area contributed by atoms with E-state index in [1.54, 1.807) is 30.3 Å². The van der Waals surface area contributed by atoms with Crippen LogP contribution in [0.25, 0.3) is 0 Å². The molecule has 0 spiro atoms. The fourth-order valence-corrected chi connectivity index (χ4v) is 1.96. The smallest absolute Gasteiger partial charge is 0.319 e. The molecular formula is C16H17FN2O3. The van der Waals surface area contributed by atoms with E-state index in [1.807, 2.05) is 0 Å². The number of halogens is 1. The molecule has 2 rings (SSSR count). The number of para-hydroxylation sites is 2. The average molecular weight is 304 g/mol. The molecule has 0 bridgehead atoms. The van der Waals surface area contributed by atoms with Gasteiger partial charge in [0.15, 0.2) is 0 Å². The van der Waals surface area contributed by atoms with Crippen LogP contribution >= 0.6 is 0 Å². The number of ether oxygens (including phenoxy) is 1. The Hall–Kier alpha value is -2.60. The first-order valence-corrected chi connectivity index (χ1v) is 6.72. The Morgan fingerprint density at radius 3 is 2.64 bits per heavy atom. The molecule has 0 aliphatic heterocycles. The van der Waals surface area contributed by atoms with Crippen molar-refractivity contribution in [3.05, 3.63) is 59.9 Å². The summed E-state index contributed by atoms with van der Waals surface area (Å²) in [5, 5.41) is 15.0. The minimum Gasteiger partial charge on any atom is -0.495 e. The maximum Gasteiger partial charge on any atom is 0.319 e. The molecule has 2 amide bonds. The maximum atomic E-state index is 13.5. The summed E-state index contributed by atoms with van der Waals surface area (Å²) in [4.78, 5) is 11.8. The molecule has 0 fully saturated rings. The summed E-state index contributed by atoms with van der Waals surface area (Å²) in [6.45, 7) is -0.109. The number of aliphatic hydroxyl groups excluding tert-OH is 1. The number of rotatable bonds is 5. The predicted octanol–water partition coefficient (Wildman–Crippen LogP) is 2.69. The number of aliphatic hydroxyl groups is 1. The number of urea groups is 1. The quantitative estimate of drug-likeness (QED) is 0.795. The molecule has 116 valence electrons. The lowest BCUT2D eigenvalue weighted by molar-refractivity contribution is 0.170. The van der Waals surface area contributed by atoms with Gasteiger partial charge in [0.25, 0.3) is 0 Å². The summed E-state index contributed by atoms with van der Waals surface area (Å²) >= 11 is 0. The zero-order chi connectivity index (χ0) is 15.9. The average Bonchev–Trinajstić information content (AvgIpc) is 2.53. The lowest BCUT2D eigenvalue weighted by atomic mass is 10.1. The van der Waals surface area contributed by atoms with E-state index >= 15 is 0 Å². The fourth-order valence-electron chi connectivity index (χ4n) is 1.96. The van der Waals surface area contributed by atoms with E-state index in [2.05, 4.69) is 10.6 Å². The second-order valence-electron chi connectivity index (χ2n) is 4.57. The third-order valence-electron chi connectivity index (χ3n) is 3.08. The Bertz CT molecular complexity index is 649. The number of carbonyl (C=O) groups is 1. The van der Waals surface area contributed by atoms with Crippen LogP contribution in [-0.2, 0) is 0 Å². The summed E-state index contributed by atoms with van der Waals surface area (Å²) in [6.07, 6.45) is -1.12. The fraction of sp³-hybridized carbons (Fsp3) is 0.188. The van der Waals surface area contributed by atoms with Crippen LogP contribution in [0.4, 0.5) is 14.9 Å². The highest BCUT2D eigenvalue weighted by Crippen LogP contribution is 2.22. The number of amides is 2. The molecule has 0 radical (unpaired) electrons. The number of anilines is 1. The monoisotopic (exact) mass is 304 g/mol. The number of benzene rings is 2. The summed E-state index contributed by atoms with van der Waals surface area (Å²) in [5.74, 6) is 0.00855. The largest absolute Gasteiger partial charge is 0.495 e. The molecule has 2 aromatic rings. The van der Waals surface area contributed by atoms with Gasteiger partial charge in [-0.3, -0.25) is 0 Å². The Morgan fingerprint density at radius 2 is 1.91 bits per heavy atom. The first-order chi connectivity index (χ1) is 10.6. The Morgan fingerprint density at radius 1 is 1.23 bits per heavy atom. The van der Waals surface area contributed by atoms with Crippen LogP contribution in [0.3, 0.4) is 0 Å². The molecule has 0 heterocycles. The van der Waals surface area contributed by atoms with Crippen LogP contribution in [0.15, 0.2) is 48.5 Å². The van der Waals surface area contributed by atoms with Crippen molar-refractivity contribution >= 4 is 11.7 Å². The van der Waals surface area contributed by atoms with Gasteiger partial charge in [-0.15, -0.1) is 0 Å². The van der Waals surface area contributed by atoms with E-state index in [-0.39, 0.29) is 12.1 Å². The van der Waals surface area contributed by atoms with Gasteiger partial charge in [-0.25, -0.2) is 9.18 Å². The van der Waals surface area contributed by atoms with Gasteiger partial charge in [0.05, 0.1) is 18.9 Å². The second-order valence-corrected chi connectivity index (χ2v) is 4.57. The Kier molecular flexibility index (Phi) is 5.32. The van der Waals surface area contributed by atoms with Gasteiger partial charge in [0, 0.05) is 12.1 Å². The van der Waals surface area contributed by atoms with Gasteiger partial charge in [-0.05, 0) is 18.2 Å². The molecule has 0 aromatic heterocycles. The zero-order valence-electron chi connectivity index (χ0n) is 12.0. The van der Waals surface area contributed by atoms with Crippen molar-refractivity contribution in [3.8, 4) is 5.75 Å². The Balaban J connectivity index is 1.92. The number of methoxy groups -OCH3 is 1. The first kappa shape index (κ1) is 15.8. The molecule has 0 unspecified atom stereocenters. The van der Waals surface area contributed by atoms with Crippen molar-refractivity contribution in [2.75, 3.05) is 19.0 Å². The topological polar surface area (TPSA) is 70.6 Å². The molecule has 0 aliphatic carbocycles. The van der Waals surface area contributed by atoms with E-state index in [0.29, 0.717) is 11.4 Å². The van der Waals surface area contributed by atoms with Crippen molar-refractivity contribution in [1.82, 2.24) is 5.32 Å². The van der Waals surface area contributed by atoms with Crippen LogP contribution in [0.5, 0.6) is 5.75 Å². The summed E-state index contributed by atoms with van der Waals surface area (Å²) in [7, 11) is 1.50. The highest BCUT2D eigenvalue weighted by molar-refractivity contribution is 5.90. The normalized spacial score (nSPS) is 11.6. The van der Waals surface area contributed by atoms with Crippen molar-refractivity contribution in [2.45, 2.75) is 6.10 Å². The van der Waals surface area contributed by atoms with E-state index in [0.717, 1.165) is 0 Å². The van der Waals surface area contributed by atoms with Crippen molar-refractivity contribution in [2.24, 2.45) is 0 Å². The summed E-state index contributed by atoms with van der Waals surface area (Å²) in [5.41, 5.74) is 0.642. The van der Waals surface area contributed by atoms with Gasteiger partial charge >= 0.3 is 6.03 Å². The minimum absolute atomic E-state index is 0.109. The van der Waals surface area contributed by atoms with Crippen LogP contribution in [-0.4, -0.2) is 24.8 Å². The molecule has 1 atom stereocenters. The SMILES string of the molecule is COc1ccccc1NC(=O)NC[C@@H](O)c1ccccc1F. The van der Waals surface area contributed by atoms with Crippen molar-refractivity contribution < 1.29 is 19.0 Å². The highest BCUT2D eigenvalue weighted by atomic mass is 19.1. The standard InChI is InChI=1S/C16H17FN2O3/c1-22-15-9-5-4-8-13(15)19-16(21)18-10-14(20)11-6-2-3-7-12(11)17/h2-9,14,20H,10H2,1H3,(H2,18,19,21)/t14-/m1/s1. The molecule has 3 N–H and O–H groups in total. The van der Waals surface area contributed by atoms with Crippen LogP contribution in [0, 0.1) is 5.82 Å². The van der Waals surface area contributed by atoms with Gasteiger partial charge in [-0.1, -0.05) is 30.3 Å². The minimum atomic E-state index is -1.12. The van der Waals surface area contributed by atoms with Crippen LogP contribution in [0.1, 0.15) is 11.7 Å². The predicted molar refractivity (Wildman–Crippen MR) is 81.4 cm³/mol. The lowest BCUT2D eigenvalue weighted by Gasteiger charge is -2.14. The highest BCUT2D eigenvalue weighted by Gasteiger charge is 2.14. The number of carbonyl (C=O) groups excluding carboxylic acids is 1.